The quantitative estimate of drug-likeness (QED) is 0.397. The fourth-order valence-electron chi connectivity index (χ4n) is 5.01. The Morgan fingerprint density at radius 2 is 1.81 bits per heavy atom. The minimum atomic E-state index is -0.502. The first-order valence-electron chi connectivity index (χ1n) is 11.9. The number of likely N-dealkylation sites (tertiary alicyclic amines) is 1. The number of halogens is 2. The zero-order valence-electron chi connectivity index (χ0n) is 21.3. The molecule has 5 N–H and O–H groups in total. The van der Waals surface area contributed by atoms with Gasteiger partial charge in [-0.05, 0) is 72.7 Å². The van der Waals surface area contributed by atoms with Crippen molar-refractivity contribution in [2.24, 2.45) is 11.7 Å². The predicted octanol–water partition coefficient (Wildman–Crippen LogP) is 3.40. The van der Waals surface area contributed by atoms with Crippen molar-refractivity contribution in [1.29, 1.82) is 0 Å². The molecule has 2 aromatic carbocycles. The molecule has 1 aromatic heterocycles. The van der Waals surface area contributed by atoms with Crippen LogP contribution in [0.1, 0.15) is 30.2 Å². The Bertz CT molecular complexity index is 1260. The van der Waals surface area contributed by atoms with E-state index in [1.807, 2.05) is 43.0 Å². The number of ether oxygens (including phenoxy) is 1. The highest BCUT2D eigenvalue weighted by molar-refractivity contribution is 5.86. The van der Waals surface area contributed by atoms with Gasteiger partial charge in [-0.3, -0.25) is 14.5 Å². The van der Waals surface area contributed by atoms with Gasteiger partial charge < -0.3 is 21.5 Å². The number of pyridine rings is 1. The number of carbonyl (C=O) groups excluding carboxylic acids is 2. The Morgan fingerprint density at radius 1 is 1.14 bits per heavy atom. The topological polar surface area (TPSA) is 124 Å². The van der Waals surface area contributed by atoms with E-state index in [4.69, 9.17) is 16.2 Å². The van der Waals surface area contributed by atoms with Crippen LogP contribution in [-0.2, 0) is 22.6 Å². The Labute approximate surface area is 229 Å². The van der Waals surface area contributed by atoms with E-state index in [-0.39, 0.29) is 36.6 Å². The molecule has 10 heteroatoms. The lowest BCUT2D eigenvalue weighted by Gasteiger charge is -2.28. The normalized spacial score (nSPS) is 17.9. The SMILES string of the molecule is COc1cc2ccccc2cc1CC1CC(C(N)=O)N([C@@H](C)C(=O)NCc2ccc(N)nc2C)C1.Cl.Cl. The molecular formula is C27H35Cl2N5O3. The molecule has 3 atom stereocenters. The number of anilines is 1. The highest BCUT2D eigenvalue weighted by Gasteiger charge is 2.40. The van der Waals surface area contributed by atoms with E-state index in [1.165, 1.54) is 0 Å². The number of fused-ring (bicyclic) bond motifs is 1. The van der Waals surface area contributed by atoms with Crippen molar-refractivity contribution in [1.82, 2.24) is 15.2 Å². The van der Waals surface area contributed by atoms with Crippen LogP contribution in [0.2, 0.25) is 0 Å². The molecule has 2 unspecified atom stereocenters. The second-order valence-corrected chi connectivity index (χ2v) is 9.31. The van der Waals surface area contributed by atoms with Gasteiger partial charge in [-0.2, -0.15) is 0 Å². The third-order valence-electron chi connectivity index (χ3n) is 6.96. The number of nitrogen functional groups attached to an aromatic ring is 1. The molecular weight excluding hydrogens is 513 g/mol. The van der Waals surface area contributed by atoms with Crippen molar-refractivity contribution >= 4 is 53.2 Å². The zero-order valence-corrected chi connectivity index (χ0v) is 22.9. The third-order valence-corrected chi connectivity index (χ3v) is 6.96. The minimum absolute atomic E-state index is 0. The number of nitrogens with two attached hydrogens (primary N) is 2. The highest BCUT2D eigenvalue weighted by Crippen LogP contribution is 2.33. The second-order valence-electron chi connectivity index (χ2n) is 9.31. The average molecular weight is 549 g/mol. The number of benzene rings is 2. The van der Waals surface area contributed by atoms with E-state index in [2.05, 4.69) is 28.5 Å². The lowest BCUT2D eigenvalue weighted by Crippen LogP contribution is -2.51. The van der Waals surface area contributed by atoms with Gasteiger partial charge in [0.1, 0.15) is 11.6 Å². The molecule has 8 nitrogen and oxygen atoms in total. The van der Waals surface area contributed by atoms with Gasteiger partial charge in [0, 0.05) is 18.8 Å². The lowest BCUT2D eigenvalue weighted by atomic mass is 9.94. The number of hydrogen-bond donors (Lipinski definition) is 3. The standard InChI is InChI=1S/C27H33N5O3.2ClH/c1-16-21(8-9-25(28)31-16)14-30-27(34)17(2)32-15-18(11-23(32)26(29)33)10-22-12-19-6-4-5-7-20(19)13-24(22)35-3;;/h4-9,12-13,17-18,23H,10-11,14-15H2,1-3H3,(H2,28,31)(H2,29,33)(H,30,34);2*1H/t17-,18?,23?;;/m0../s1. The number of rotatable bonds is 8. The van der Waals surface area contributed by atoms with Crippen molar-refractivity contribution in [3.63, 3.8) is 0 Å². The number of carbonyl (C=O) groups is 2. The number of primary amides is 1. The summed E-state index contributed by atoms with van der Waals surface area (Å²) in [6.07, 6.45) is 1.34. The minimum Gasteiger partial charge on any atom is -0.496 e. The Hall–Kier alpha value is -3.07. The number of nitrogens with one attached hydrogen (secondary N) is 1. The van der Waals surface area contributed by atoms with Gasteiger partial charge in [0.15, 0.2) is 0 Å². The maximum absolute atomic E-state index is 13.0. The summed E-state index contributed by atoms with van der Waals surface area (Å²) >= 11 is 0. The first kappa shape index (κ1) is 30.2. The molecule has 0 saturated carbocycles. The molecule has 0 aliphatic carbocycles. The van der Waals surface area contributed by atoms with Crippen LogP contribution in [0, 0.1) is 12.8 Å². The van der Waals surface area contributed by atoms with E-state index >= 15 is 0 Å². The molecule has 3 aromatic rings. The lowest BCUT2D eigenvalue weighted by molar-refractivity contribution is -0.129. The number of hydrogen-bond acceptors (Lipinski definition) is 6. The third kappa shape index (κ3) is 6.83. The Kier molecular flexibility index (Phi) is 10.5. The molecule has 0 bridgehead atoms. The van der Waals surface area contributed by atoms with Crippen molar-refractivity contribution < 1.29 is 14.3 Å². The van der Waals surface area contributed by atoms with Crippen molar-refractivity contribution in [3.8, 4) is 5.75 Å². The van der Waals surface area contributed by atoms with Crippen molar-refractivity contribution in [2.45, 2.75) is 45.3 Å². The predicted molar refractivity (Wildman–Crippen MR) is 151 cm³/mol. The van der Waals surface area contributed by atoms with Crippen LogP contribution >= 0.6 is 24.8 Å². The van der Waals surface area contributed by atoms with Crippen LogP contribution in [-0.4, -0.2) is 47.4 Å². The summed E-state index contributed by atoms with van der Waals surface area (Å²) in [7, 11) is 1.67. The molecule has 1 aliphatic heterocycles. The van der Waals surface area contributed by atoms with Gasteiger partial charge in [-0.25, -0.2) is 4.98 Å². The van der Waals surface area contributed by atoms with Gasteiger partial charge in [-0.15, -0.1) is 24.8 Å². The number of methoxy groups -OCH3 is 1. The molecule has 2 amide bonds. The Balaban J connectivity index is 0.00000241. The number of nitrogens with zero attached hydrogens (tertiary/aromatic N) is 2. The fraction of sp³-hybridized carbons (Fsp3) is 0.370. The summed E-state index contributed by atoms with van der Waals surface area (Å²) in [6, 6.07) is 14.9. The van der Waals surface area contributed by atoms with Crippen LogP contribution in [0.25, 0.3) is 10.8 Å². The molecule has 1 aliphatic rings. The molecule has 1 fully saturated rings. The van der Waals surface area contributed by atoms with Crippen molar-refractivity contribution in [3.05, 3.63) is 65.4 Å². The zero-order chi connectivity index (χ0) is 25.1. The van der Waals surface area contributed by atoms with Gasteiger partial charge in [0.05, 0.1) is 19.2 Å². The maximum Gasteiger partial charge on any atom is 0.237 e. The van der Waals surface area contributed by atoms with Crippen molar-refractivity contribution in [2.75, 3.05) is 19.4 Å². The van der Waals surface area contributed by atoms with E-state index in [9.17, 15) is 9.59 Å². The molecule has 1 saturated heterocycles. The summed E-state index contributed by atoms with van der Waals surface area (Å²) in [5.41, 5.74) is 14.2. The van der Waals surface area contributed by atoms with Gasteiger partial charge in [-0.1, -0.05) is 30.3 Å². The average Bonchev–Trinajstić information content (AvgIpc) is 3.26. The van der Waals surface area contributed by atoms with Crippen LogP contribution in [0.4, 0.5) is 5.82 Å². The van der Waals surface area contributed by atoms with Crippen LogP contribution in [0.15, 0.2) is 48.5 Å². The first-order chi connectivity index (χ1) is 16.8. The molecule has 37 heavy (non-hydrogen) atoms. The summed E-state index contributed by atoms with van der Waals surface area (Å²) < 4.78 is 5.66. The van der Waals surface area contributed by atoms with Gasteiger partial charge >= 0.3 is 0 Å². The first-order valence-corrected chi connectivity index (χ1v) is 11.9. The second kappa shape index (κ2) is 12.9. The maximum atomic E-state index is 13.0. The molecule has 4 rings (SSSR count). The van der Waals surface area contributed by atoms with Crippen LogP contribution in [0.3, 0.4) is 0 Å². The molecule has 0 radical (unpaired) electrons. The van der Waals surface area contributed by atoms with Gasteiger partial charge in [0.2, 0.25) is 11.8 Å². The summed E-state index contributed by atoms with van der Waals surface area (Å²) in [4.78, 5) is 31.4. The number of aryl methyl sites for hydroxylation is 1. The number of amides is 2. The highest BCUT2D eigenvalue weighted by atomic mass is 35.5. The van der Waals surface area contributed by atoms with E-state index in [0.717, 1.165) is 39.8 Å². The molecule has 2 heterocycles. The fourth-order valence-corrected chi connectivity index (χ4v) is 5.01. The van der Waals surface area contributed by atoms with E-state index in [0.29, 0.717) is 25.3 Å². The van der Waals surface area contributed by atoms with E-state index < -0.39 is 18.0 Å². The monoisotopic (exact) mass is 547 g/mol. The summed E-state index contributed by atoms with van der Waals surface area (Å²) in [6.45, 7) is 4.62. The smallest absolute Gasteiger partial charge is 0.237 e. The summed E-state index contributed by atoms with van der Waals surface area (Å²) in [5, 5.41) is 5.23. The summed E-state index contributed by atoms with van der Waals surface area (Å²) in [5.74, 6) is 0.881. The van der Waals surface area contributed by atoms with Crippen LogP contribution in [0.5, 0.6) is 5.75 Å². The Morgan fingerprint density at radius 3 is 2.43 bits per heavy atom. The molecule has 200 valence electrons. The number of aromatic nitrogens is 1. The van der Waals surface area contributed by atoms with Crippen LogP contribution < -0.4 is 21.5 Å². The van der Waals surface area contributed by atoms with E-state index in [1.54, 1.807) is 13.2 Å². The van der Waals surface area contributed by atoms with Gasteiger partial charge in [0.25, 0.3) is 0 Å². The largest absolute Gasteiger partial charge is 0.496 e. The molecule has 0 spiro atoms.